The Morgan fingerprint density at radius 1 is 1.06 bits per heavy atom. The number of hydrogen-bond donors (Lipinski definition) is 1. The molecule has 0 bridgehead atoms. The summed E-state index contributed by atoms with van der Waals surface area (Å²) in [6.07, 6.45) is 5.48. The van der Waals surface area contributed by atoms with E-state index < -0.39 is 5.60 Å². The highest BCUT2D eigenvalue weighted by molar-refractivity contribution is 5.99. The molecule has 9 heteroatoms. The Balaban J connectivity index is 1.46. The van der Waals surface area contributed by atoms with Crippen molar-refractivity contribution in [1.82, 2.24) is 19.3 Å². The van der Waals surface area contributed by atoms with Crippen LogP contribution in [0.25, 0.3) is 5.65 Å². The van der Waals surface area contributed by atoms with E-state index in [0.29, 0.717) is 24.7 Å². The van der Waals surface area contributed by atoms with Gasteiger partial charge in [-0.05, 0) is 64.8 Å². The number of fused-ring (bicyclic) bond motifs is 1. The molecular formula is C25H33N7O2. The van der Waals surface area contributed by atoms with E-state index in [0.717, 1.165) is 46.8 Å². The van der Waals surface area contributed by atoms with Crippen LogP contribution in [0.4, 0.5) is 16.3 Å². The molecule has 180 valence electrons. The highest BCUT2D eigenvalue weighted by Crippen LogP contribution is 2.25. The van der Waals surface area contributed by atoms with E-state index >= 15 is 0 Å². The minimum absolute atomic E-state index is 0.263. The summed E-state index contributed by atoms with van der Waals surface area (Å²) in [5.74, 6) is 0.965. The summed E-state index contributed by atoms with van der Waals surface area (Å²) in [6, 6.07) is 3.93. The molecule has 3 aromatic heterocycles. The molecule has 1 saturated heterocycles. The molecule has 1 aliphatic heterocycles. The van der Waals surface area contributed by atoms with E-state index in [1.807, 2.05) is 76.7 Å². The van der Waals surface area contributed by atoms with Gasteiger partial charge >= 0.3 is 6.09 Å². The third kappa shape index (κ3) is 5.13. The number of amidine groups is 1. The van der Waals surface area contributed by atoms with Gasteiger partial charge in [-0.3, -0.25) is 0 Å². The largest absolute Gasteiger partial charge is 0.444 e. The van der Waals surface area contributed by atoms with Crippen LogP contribution in [0, 0.1) is 20.8 Å². The van der Waals surface area contributed by atoms with Crippen LogP contribution in [0.1, 0.15) is 43.2 Å². The lowest BCUT2D eigenvalue weighted by molar-refractivity contribution is 0.0240. The number of anilines is 1. The van der Waals surface area contributed by atoms with Crippen LogP contribution in [-0.2, 0) is 4.74 Å². The van der Waals surface area contributed by atoms with Crippen molar-refractivity contribution in [2.24, 2.45) is 10.7 Å². The lowest BCUT2D eigenvalue weighted by Gasteiger charge is -2.37. The van der Waals surface area contributed by atoms with Crippen molar-refractivity contribution in [1.29, 1.82) is 0 Å². The van der Waals surface area contributed by atoms with E-state index in [4.69, 9.17) is 10.5 Å². The normalized spacial score (nSPS) is 15.2. The maximum absolute atomic E-state index is 12.3. The average Bonchev–Trinajstić information content (AvgIpc) is 3.14. The molecule has 3 aromatic rings. The van der Waals surface area contributed by atoms with Crippen LogP contribution in [-0.4, -0.2) is 63.0 Å². The highest BCUT2D eigenvalue weighted by Gasteiger charge is 2.26. The quantitative estimate of drug-likeness (QED) is 0.469. The Morgan fingerprint density at radius 2 is 1.76 bits per heavy atom. The molecule has 0 spiro atoms. The van der Waals surface area contributed by atoms with Crippen LogP contribution in [0.3, 0.4) is 0 Å². The molecule has 0 aromatic carbocycles. The molecule has 0 aliphatic carbocycles. The minimum atomic E-state index is -0.491. The summed E-state index contributed by atoms with van der Waals surface area (Å²) in [4.78, 5) is 29.9. The van der Waals surface area contributed by atoms with Gasteiger partial charge < -0.3 is 24.7 Å². The molecular weight excluding hydrogens is 430 g/mol. The third-order valence-corrected chi connectivity index (χ3v) is 5.73. The molecule has 4 heterocycles. The number of hydrogen-bond acceptors (Lipinski definition) is 6. The van der Waals surface area contributed by atoms with Gasteiger partial charge in [0.2, 0.25) is 0 Å². The summed E-state index contributed by atoms with van der Waals surface area (Å²) < 4.78 is 7.46. The Bertz CT molecular complexity index is 1250. The Morgan fingerprint density at radius 3 is 2.41 bits per heavy atom. The first-order chi connectivity index (χ1) is 16.0. The molecule has 0 saturated carbocycles. The van der Waals surface area contributed by atoms with Crippen LogP contribution in [0.15, 0.2) is 35.7 Å². The number of amides is 1. The molecule has 34 heavy (non-hydrogen) atoms. The summed E-state index contributed by atoms with van der Waals surface area (Å²) in [7, 11) is 0. The van der Waals surface area contributed by atoms with E-state index in [9.17, 15) is 4.79 Å². The smallest absolute Gasteiger partial charge is 0.410 e. The van der Waals surface area contributed by atoms with E-state index in [-0.39, 0.29) is 6.09 Å². The minimum Gasteiger partial charge on any atom is -0.444 e. The van der Waals surface area contributed by atoms with E-state index in [1.54, 1.807) is 4.90 Å². The molecule has 1 aliphatic rings. The number of ether oxygens (including phenoxy) is 1. The fourth-order valence-corrected chi connectivity index (χ4v) is 4.10. The second-order valence-corrected chi connectivity index (χ2v) is 9.81. The molecule has 1 amide bonds. The Hall–Kier alpha value is -3.62. The fourth-order valence-electron chi connectivity index (χ4n) is 4.10. The first kappa shape index (κ1) is 23.5. The molecule has 0 unspecified atom stereocenters. The highest BCUT2D eigenvalue weighted by atomic mass is 16.6. The zero-order valence-electron chi connectivity index (χ0n) is 20.8. The van der Waals surface area contributed by atoms with Crippen LogP contribution >= 0.6 is 0 Å². The number of aryl methyl sites for hydroxylation is 3. The Labute approximate surface area is 200 Å². The molecule has 9 nitrogen and oxygen atoms in total. The summed E-state index contributed by atoms with van der Waals surface area (Å²) >= 11 is 0. The van der Waals surface area contributed by atoms with E-state index in [2.05, 4.69) is 19.9 Å². The van der Waals surface area contributed by atoms with Gasteiger partial charge in [0, 0.05) is 44.1 Å². The van der Waals surface area contributed by atoms with Gasteiger partial charge in [0.05, 0.1) is 17.6 Å². The second kappa shape index (κ2) is 8.96. The first-order valence-electron chi connectivity index (χ1n) is 11.5. The van der Waals surface area contributed by atoms with Gasteiger partial charge in [0.1, 0.15) is 17.1 Å². The number of imidazole rings is 1. The number of piperazine rings is 1. The fraction of sp³-hybridized carbons (Fsp3) is 0.440. The monoisotopic (exact) mass is 463 g/mol. The molecule has 0 radical (unpaired) electrons. The summed E-state index contributed by atoms with van der Waals surface area (Å²) in [5, 5.41) is 0. The predicted octanol–water partition coefficient (Wildman–Crippen LogP) is 3.75. The third-order valence-electron chi connectivity index (χ3n) is 5.73. The van der Waals surface area contributed by atoms with Gasteiger partial charge in [-0.15, -0.1) is 0 Å². The van der Waals surface area contributed by atoms with Crippen molar-refractivity contribution in [2.45, 2.75) is 47.1 Å². The number of aromatic nitrogens is 3. The first-order valence-corrected chi connectivity index (χ1v) is 11.5. The maximum Gasteiger partial charge on any atom is 0.410 e. The predicted molar refractivity (Wildman–Crippen MR) is 134 cm³/mol. The number of nitrogens with zero attached hydrogens (tertiary/aromatic N) is 6. The Kier molecular flexibility index (Phi) is 6.20. The SMILES string of the molecule is Cc1cn2cc(C(N)=Nc3cc(C)c(N4CCN(C(=O)OC(C)(C)C)CC4)cn3)cc(C)c2n1. The number of nitrogens with two attached hydrogens (primary N) is 1. The number of rotatable bonds is 3. The number of carbonyl (C=O) groups is 1. The standard InChI is InChI=1S/C25H33N7O2/c1-16-12-21(29-22(26)19-11-17(2)23-28-18(3)14-32(23)15-19)27-13-20(16)30-7-9-31(10-8-30)24(33)34-25(4,5)6/h11-15H,7-10H2,1-6H3,(H2,26,27,29). The van der Waals surface area contributed by atoms with Crippen molar-refractivity contribution >= 4 is 29.1 Å². The average molecular weight is 464 g/mol. The topological polar surface area (TPSA) is 101 Å². The number of pyridine rings is 2. The zero-order valence-corrected chi connectivity index (χ0v) is 20.8. The van der Waals surface area contributed by atoms with Gasteiger partial charge in [-0.1, -0.05) is 0 Å². The van der Waals surface area contributed by atoms with E-state index in [1.165, 1.54) is 0 Å². The van der Waals surface area contributed by atoms with Crippen molar-refractivity contribution in [2.75, 3.05) is 31.1 Å². The van der Waals surface area contributed by atoms with Gasteiger partial charge in [0.25, 0.3) is 0 Å². The molecule has 4 rings (SSSR count). The summed E-state index contributed by atoms with van der Waals surface area (Å²) in [6.45, 7) is 14.3. The zero-order chi connectivity index (χ0) is 24.6. The van der Waals surface area contributed by atoms with Gasteiger partial charge in [0.15, 0.2) is 5.82 Å². The van der Waals surface area contributed by atoms with Gasteiger partial charge in [-0.2, -0.15) is 0 Å². The molecule has 2 N–H and O–H groups in total. The van der Waals surface area contributed by atoms with Crippen LogP contribution < -0.4 is 10.6 Å². The van der Waals surface area contributed by atoms with Gasteiger partial charge in [-0.25, -0.2) is 19.8 Å². The van der Waals surface area contributed by atoms with Crippen LogP contribution in [0.2, 0.25) is 0 Å². The number of aliphatic imine (C=N–C) groups is 1. The second-order valence-electron chi connectivity index (χ2n) is 9.81. The lowest BCUT2D eigenvalue weighted by atomic mass is 10.2. The lowest BCUT2D eigenvalue weighted by Crippen LogP contribution is -2.50. The molecule has 0 atom stereocenters. The maximum atomic E-state index is 12.3. The van der Waals surface area contributed by atoms with Crippen LogP contribution in [0.5, 0.6) is 0 Å². The van der Waals surface area contributed by atoms with Crippen molar-refractivity contribution in [3.05, 3.63) is 53.1 Å². The van der Waals surface area contributed by atoms with Crippen molar-refractivity contribution in [3.63, 3.8) is 0 Å². The molecule has 1 fully saturated rings. The van der Waals surface area contributed by atoms with Crippen molar-refractivity contribution in [3.8, 4) is 0 Å². The number of carbonyl (C=O) groups excluding carboxylic acids is 1. The summed E-state index contributed by atoms with van der Waals surface area (Å²) in [5.41, 5.74) is 11.7. The van der Waals surface area contributed by atoms with Crippen molar-refractivity contribution < 1.29 is 9.53 Å².